The van der Waals surface area contributed by atoms with E-state index in [0.29, 0.717) is 5.69 Å². The van der Waals surface area contributed by atoms with Crippen LogP contribution >= 0.6 is 0 Å². The smallest absolute Gasteiger partial charge is 0.143 e. The summed E-state index contributed by atoms with van der Waals surface area (Å²) in [5, 5.41) is 19.5. The van der Waals surface area contributed by atoms with Crippen molar-refractivity contribution >= 4 is 11.0 Å². The van der Waals surface area contributed by atoms with Crippen LogP contribution in [0.15, 0.2) is 36.4 Å². The number of fused-ring (bicyclic) bond motifs is 1. The van der Waals surface area contributed by atoms with Gasteiger partial charge in [-0.25, -0.2) is 0 Å². The predicted molar refractivity (Wildman–Crippen MR) is 121 cm³/mol. The Balaban J connectivity index is 1.47. The van der Waals surface area contributed by atoms with Gasteiger partial charge in [-0.05, 0) is 55.2 Å². The number of aromatic nitrogens is 3. The van der Waals surface area contributed by atoms with Gasteiger partial charge in [-0.2, -0.15) is 0 Å². The lowest BCUT2D eigenvalue weighted by Gasteiger charge is -2.10. The van der Waals surface area contributed by atoms with Crippen molar-refractivity contribution < 1.29 is 5.11 Å². The van der Waals surface area contributed by atoms with Gasteiger partial charge in [0.1, 0.15) is 22.5 Å². The molecule has 0 aliphatic rings. The fourth-order valence-electron chi connectivity index (χ4n) is 3.92. The maximum atomic E-state index is 10.6. The Morgan fingerprint density at radius 2 is 1.34 bits per heavy atom. The number of hydrogen-bond donors (Lipinski definition) is 1. The topological polar surface area (TPSA) is 50.9 Å². The molecule has 4 nitrogen and oxygen atoms in total. The van der Waals surface area contributed by atoms with Crippen LogP contribution in [0.4, 0.5) is 0 Å². The van der Waals surface area contributed by atoms with E-state index in [4.69, 9.17) is 0 Å². The second kappa shape index (κ2) is 11.0. The van der Waals surface area contributed by atoms with Gasteiger partial charge < -0.3 is 5.11 Å². The number of unbranched alkanes of at least 4 members (excludes halogenated alkanes) is 9. The Morgan fingerprint density at radius 3 is 1.93 bits per heavy atom. The van der Waals surface area contributed by atoms with Gasteiger partial charge in [-0.1, -0.05) is 76.8 Å². The van der Waals surface area contributed by atoms with Gasteiger partial charge in [0.05, 0.1) is 0 Å². The zero-order valence-electron chi connectivity index (χ0n) is 18.0. The van der Waals surface area contributed by atoms with E-state index in [1.807, 2.05) is 36.4 Å². The van der Waals surface area contributed by atoms with E-state index in [1.165, 1.54) is 80.1 Å². The van der Waals surface area contributed by atoms with Crippen molar-refractivity contribution in [3.05, 3.63) is 47.5 Å². The molecule has 0 atom stereocenters. The van der Waals surface area contributed by atoms with Gasteiger partial charge in [0.15, 0.2) is 0 Å². The summed E-state index contributed by atoms with van der Waals surface area (Å²) in [6.07, 6.45) is 14.4. The highest BCUT2D eigenvalue weighted by Gasteiger charge is 2.11. The van der Waals surface area contributed by atoms with Crippen LogP contribution in [0, 0.1) is 6.92 Å². The molecule has 0 amide bonds. The minimum absolute atomic E-state index is 0.248. The lowest BCUT2D eigenvalue weighted by molar-refractivity contribution is 0.466. The zero-order chi connectivity index (χ0) is 20.5. The number of aromatic hydroxyl groups is 1. The molecule has 0 unspecified atom stereocenters. The van der Waals surface area contributed by atoms with E-state index in [2.05, 4.69) is 24.0 Å². The van der Waals surface area contributed by atoms with Gasteiger partial charge in [0.2, 0.25) is 0 Å². The maximum Gasteiger partial charge on any atom is 0.143 e. The predicted octanol–water partition coefficient (Wildman–Crippen LogP) is 6.90. The molecule has 4 heteroatoms. The lowest BCUT2D eigenvalue weighted by atomic mass is 10.00. The van der Waals surface area contributed by atoms with Crippen molar-refractivity contribution in [3.8, 4) is 11.4 Å². The van der Waals surface area contributed by atoms with Gasteiger partial charge in [-0.3, -0.25) is 0 Å². The first-order chi connectivity index (χ1) is 14.2. The molecule has 0 bridgehead atoms. The second-order valence-corrected chi connectivity index (χ2v) is 8.18. The minimum atomic E-state index is 0.248. The first kappa shape index (κ1) is 21.4. The van der Waals surface area contributed by atoms with E-state index < -0.39 is 0 Å². The number of rotatable bonds is 12. The highest BCUT2D eigenvalue weighted by molar-refractivity contribution is 5.73. The molecule has 0 saturated heterocycles. The molecule has 1 aromatic heterocycles. The van der Waals surface area contributed by atoms with Crippen LogP contribution in [0.2, 0.25) is 0 Å². The molecule has 1 heterocycles. The van der Waals surface area contributed by atoms with Crippen molar-refractivity contribution in [2.75, 3.05) is 0 Å². The van der Waals surface area contributed by atoms with Crippen molar-refractivity contribution in [2.45, 2.75) is 84.5 Å². The zero-order valence-corrected chi connectivity index (χ0v) is 18.0. The third kappa shape index (κ3) is 6.06. The van der Waals surface area contributed by atoms with Gasteiger partial charge in [0.25, 0.3) is 0 Å². The Kier molecular flexibility index (Phi) is 8.09. The SMILES string of the molecule is CCCCCCCCCCCCc1cc(O)c(-n2nc3ccccc3n2)cc1C. The summed E-state index contributed by atoms with van der Waals surface area (Å²) in [7, 11) is 0. The Labute approximate surface area is 175 Å². The van der Waals surface area contributed by atoms with Crippen LogP contribution in [0.25, 0.3) is 16.7 Å². The average molecular weight is 394 g/mol. The summed E-state index contributed by atoms with van der Waals surface area (Å²) < 4.78 is 0. The van der Waals surface area contributed by atoms with Gasteiger partial charge >= 0.3 is 0 Å². The minimum Gasteiger partial charge on any atom is -0.506 e. The molecular formula is C25H35N3O. The summed E-state index contributed by atoms with van der Waals surface area (Å²) in [6.45, 7) is 4.38. The Morgan fingerprint density at radius 1 is 0.793 bits per heavy atom. The summed E-state index contributed by atoms with van der Waals surface area (Å²) in [5.41, 5.74) is 4.72. The third-order valence-electron chi connectivity index (χ3n) is 5.73. The maximum absolute atomic E-state index is 10.6. The molecule has 3 rings (SSSR count). The van der Waals surface area contributed by atoms with Gasteiger partial charge in [-0.15, -0.1) is 15.0 Å². The largest absolute Gasteiger partial charge is 0.506 e. The number of hydrogen-bond acceptors (Lipinski definition) is 3. The lowest BCUT2D eigenvalue weighted by Crippen LogP contribution is -2.01. The summed E-state index contributed by atoms with van der Waals surface area (Å²) in [5.74, 6) is 0.248. The van der Waals surface area contributed by atoms with E-state index in [0.717, 1.165) is 17.5 Å². The molecule has 1 N–H and O–H groups in total. The fraction of sp³-hybridized carbons (Fsp3) is 0.520. The van der Waals surface area contributed by atoms with Gasteiger partial charge in [0, 0.05) is 0 Å². The summed E-state index contributed by atoms with van der Waals surface area (Å²) in [6, 6.07) is 11.7. The van der Waals surface area contributed by atoms with Crippen LogP contribution in [0.1, 0.15) is 82.3 Å². The average Bonchev–Trinajstić information content (AvgIpc) is 3.15. The number of aryl methyl sites for hydroxylation is 2. The van der Waals surface area contributed by atoms with Crippen LogP contribution in [-0.2, 0) is 6.42 Å². The fourth-order valence-corrected chi connectivity index (χ4v) is 3.92. The Hall–Kier alpha value is -2.36. The van der Waals surface area contributed by atoms with Crippen molar-refractivity contribution in [1.29, 1.82) is 0 Å². The molecule has 0 saturated carbocycles. The number of nitrogens with zero attached hydrogens (tertiary/aromatic N) is 3. The number of phenolic OH excluding ortho intramolecular Hbond substituents is 1. The second-order valence-electron chi connectivity index (χ2n) is 8.18. The molecule has 0 aliphatic heterocycles. The molecule has 156 valence electrons. The molecule has 0 radical (unpaired) electrons. The normalized spacial score (nSPS) is 11.4. The first-order valence-electron chi connectivity index (χ1n) is 11.3. The molecule has 0 aliphatic carbocycles. The van der Waals surface area contributed by atoms with E-state index >= 15 is 0 Å². The van der Waals surface area contributed by atoms with Crippen LogP contribution in [0.5, 0.6) is 5.75 Å². The summed E-state index contributed by atoms with van der Waals surface area (Å²) in [4.78, 5) is 1.54. The summed E-state index contributed by atoms with van der Waals surface area (Å²) >= 11 is 0. The standard InChI is InChI=1S/C25H35N3O/c1-3-4-5-6-7-8-9-10-11-12-15-21-19-25(29)24(18-20(21)2)28-26-22-16-13-14-17-23(22)27-28/h13-14,16-19,29H,3-12,15H2,1-2H3. The van der Waals surface area contributed by atoms with Crippen molar-refractivity contribution in [2.24, 2.45) is 0 Å². The molecule has 29 heavy (non-hydrogen) atoms. The molecule has 0 spiro atoms. The number of benzene rings is 2. The van der Waals surface area contributed by atoms with Crippen molar-refractivity contribution in [3.63, 3.8) is 0 Å². The molecule has 3 aromatic rings. The van der Waals surface area contributed by atoms with E-state index in [1.54, 1.807) is 0 Å². The third-order valence-corrected chi connectivity index (χ3v) is 5.73. The van der Waals surface area contributed by atoms with E-state index in [-0.39, 0.29) is 5.75 Å². The molecule has 0 fully saturated rings. The highest BCUT2D eigenvalue weighted by Crippen LogP contribution is 2.27. The van der Waals surface area contributed by atoms with Crippen LogP contribution in [-0.4, -0.2) is 20.1 Å². The van der Waals surface area contributed by atoms with E-state index in [9.17, 15) is 5.11 Å². The van der Waals surface area contributed by atoms with Crippen LogP contribution in [0.3, 0.4) is 0 Å². The molecular weight excluding hydrogens is 358 g/mol. The highest BCUT2D eigenvalue weighted by atomic mass is 16.3. The monoisotopic (exact) mass is 393 g/mol. The molecule has 2 aromatic carbocycles. The van der Waals surface area contributed by atoms with Crippen molar-refractivity contribution in [1.82, 2.24) is 15.0 Å². The quantitative estimate of drug-likeness (QED) is 0.341. The number of phenols is 1. The van der Waals surface area contributed by atoms with Crippen LogP contribution < -0.4 is 0 Å². The Bertz CT molecular complexity index is 867. The first-order valence-corrected chi connectivity index (χ1v) is 11.3.